The molecule has 4 aromatic rings. The van der Waals surface area contributed by atoms with E-state index in [0.29, 0.717) is 17.0 Å². The fourth-order valence-electron chi connectivity index (χ4n) is 3.62. The molecule has 1 N–H and O–H groups in total. The Balaban J connectivity index is 1.77. The van der Waals surface area contributed by atoms with Crippen LogP contribution < -0.4 is 10.1 Å². The number of halogens is 1. The van der Waals surface area contributed by atoms with Gasteiger partial charge in [-0.1, -0.05) is 42.5 Å². The second-order valence-electron chi connectivity index (χ2n) is 7.68. The lowest BCUT2D eigenvalue weighted by atomic mass is 10.0. The molecule has 0 radical (unpaired) electrons. The minimum atomic E-state index is -1.03. The average molecular weight is 471 g/mol. The molecule has 176 valence electrons. The number of nitrogens with one attached hydrogen (secondary N) is 1. The van der Waals surface area contributed by atoms with E-state index in [2.05, 4.69) is 15.3 Å². The van der Waals surface area contributed by atoms with Crippen molar-refractivity contribution in [3.63, 3.8) is 0 Å². The Morgan fingerprint density at radius 1 is 0.971 bits per heavy atom. The Kier molecular flexibility index (Phi) is 7.42. The fraction of sp³-hybridized carbons (Fsp3) is 0.111. The predicted molar refractivity (Wildman–Crippen MR) is 129 cm³/mol. The number of amides is 2. The van der Waals surface area contributed by atoms with Crippen LogP contribution in [0.3, 0.4) is 0 Å². The van der Waals surface area contributed by atoms with Gasteiger partial charge in [-0.15, -0.1) is 0 Å². The van der Waals surface area contributed by atoms with Crippen molar-refractivity contribution in [2.75, 3.05) is 12.4 Å². The highest BCUT2D eigenvalue weighted by molar-refractivity contribution is 6.00. The number of methoxy groups -OCH3 is 1. The standard InChI is InChI=1S/C27H23FN4O3/c1-35-23-13-7-20(8-14-23)25(26(33)31-22-11-9-21(28)10-12-22)32(18-19-5-3-2-4-6-19)27(34)24-17-29-15-16-30-24/h2-17,25H,18H2,1H3,(H,31,33)/t25-/m1/s1. The van der Waals surface area contributed by atoms with E-state index in [9.17, 15) is 14.0 Å². The molecular weight excluding hydrogens is 447 g/mol. The Morgan fingerprint density at radius 3 is 2.31 bits per heavy atom. The van der Waals surface area contributed by atoms with Gasteiger partial charge in [0, 0.05) is 24.6 Å². The molecule has 0 aliphatic carbocycles. The number of hydrogen-bond acceptors (Lipinski definition) is 5. The normalized spacial score (nSPS) is 11.4. The number of rotatable bonds is 8. The zero-order valence-electron chi connectivity index (χ0n) is 19.0. The zero-order valence-corrected chi connectivity index (χ0v) is 19.0. The van der Waals surface area contributed by atoms with Crippen LogP contribution in [0.4, 0.5) is 10.1 Å². The predicted octanol–water partition coefficient (Wildman–Crippen LogP) is 4.65. The molecule has 7 nitrogen and oxygen atoms in total. The Bertz CT molecular complexity index is 1270. The summed E-state index contributed by atoms with van der Waals surface area (Å²) in [5.41, 5.74) is 1.91. The number of carbonyl (C=O) groups is 2. The number of hydrogen-bond donors (Lipinski definition) is 1. The second-order valence-corrected chi connectivity index (χ2v) is 7.68. The van der Waals surface area contributed by atoms with E-state index in [1.54, 1.807) is 31.4 Å². The fourth-order valence-corrected chi connectivity index (χ4v) is 3.62. The average Bonchev–Trinajstić information content (AvgIpc) is 2.90. The molecule has 8 heteroatoms. The molecule has 0 saturated carbocycles. The van der Waals surface area contributed by atoms with Gasteiger partial charge < -0.3 is 15.0 Å². The molecule has 0 saturated heterocycles. The van der Waals surface area contributed by atoms with E-state index in [0.717, 1.165) is 5.56 Å². The van der Waals surface area contributed by atoms with Crippen LogP contribution in [0.25, 0.3) is 0 Å². The number of benzene rings is 3. The third-order valence-corrected chi connectivity index (χ3v) is 5.34. The maximum Gasteiger partial charge on any atom is 0.275 e. The lowest BCUT2D eigenvalue weighted by Crippen LogP contribution is -2.41. The number of carbonyl (C=O) groups excluding carboxylic acids is 2. The Hall–Kier alpha value is -4.59. The highest BCUT2D eigenvalue weighted by Crippen LogP contribution is 2.28. The van der Waals surface area contributed by atoms with E-state index >= 15 is 0 Å². The van der Waals surface area contributed by atoms with Gasteiger partial charge in [0.25, 0.3) is 11.8 Å². The van der Waals surface area contributed by atoms with Crippen LogP contribution in [0.5, 0.6) is 5.75 Å². The summed E-state index contributed by atoms with van der Waals surface area (Å²) in [6, 6.07) is 20.7. The van der Waals surface area contributed by atoms with Gasteiger partial charge in [0.2, 0.25) is 0 Å². The minimum absolute atomic E-state index is 0.108. The maximum atomic E-state index is 13.7. The first-order chi connectivity index (χ1) is 17.0. The van der Waals surface area contributed by atoms with Crippen LogP contribution in [-0.4, -0.2) is 33.8 Å². The van der Waals surface area contributed by atoms with Gasteiger partial charge in [0.1, 0.15) is 23.3 Å². The van der Waals surface area contributed by atoms with Gasteiger partial charge in [0.05, 0.1) is 13.3 Å². The molecule has 35 heavy (non-hydrogen) atoms. The summed E-state index contributed by atoms with van der Waals surface area (Å²) in [5.74, 6) is -0.730. The van der Waals surface area contributed by atoms with Gasteiger partial charge in [-0.3, -0.25) is 14.6 Å². The molecule has 0 spiro atoms. The first-order valence-electron chi connectivity index (χ1n) is 10.9. The van der Waals surface area contributed by atoms with Crippen molar-refractivity contribution in [3.8, 4) is 5.75 Å². The van der Waals surface area contributed by atoms with Crippen molar-refractivity contribution in [3.05, 3.63) is 120 Å². The molecular formula is C27H23FN4O3. The summed E-state index contributed by atoms with van der Waals surface area (Å²) in [4.78, 5) is 36.9. The summed E-state index contributed by atoms with van der Waals surface area (Å²) in [6.07, 6.45) is 4.26. The lowest BCUT2D eigenvalue weighted by molar-refractivity contribution is -0.121. The number of ether oxygens (including phenoxy) is 1. The number of aromatic nitrogens is 2. The van der Waals surface area contributed by atoms with Crippen LogP contribution in [0.2, 0.25) is 0 Å². The van der Waals surface area contributed by atoms with E-state index in [-0.39, 0.29) is 12.2 Å². The van der Waals surface area contributed by atoms with Gasteiger partial charge in [-0.05, 0) is 47.5 Å². The summed E-state index contributed by atoms with van der Waals surface area (Å²) in [6.45, 7) is 0.143. The smallest absolute Gasteiger partial charge is 0.275 e. The molecule has 0 unspecified atom stereocenters. The van der Waals surface area contributed by atoms with Gasteiger partial charge in [-0.25, -0.2) is 9.37 Å². The van der Waals surface area contributed by atoms with Crippen molar-refractivity contribution in [1.29, 1.82) is 0 Å². The van der Waals surface area contributed by atoms with Crippen molar-refractivity contribution in [2.45, 2.75) is 12.6 Å². The van der Waals surface area contributed by atoms with Crippen LogP contribution in [0, 0.1) is 5.82 Å². The SMILES string of the molecule is COc1ccc([C@H](C(=O)Nc2ccc(F)cc2)N(Cc2ccccc2)C(=O)c2cnccn2)cc1. The summed E-state index contributed by atoms with van der Waals surface area (Å²) >= 11 is 0. The molecule has 2 amide bonds. The Labute approximate surface area is 202 Å². The quantitative estimate of drug-likeness (QED) is 0.405. The van der Waals surface area contributed by atoms with Crippen molar-refractivity contribution >= 4 is 17.5 Å². The maximum absolute atomic E-state index is 13.7. The molecule has 0 aliphatic heterocycles. The first kappa shape index (κ1) is 23.6. The largest absolute Gasteiger partial charge is 0.497 e. The first-order valence-corrected chi connectivity index (χ1v) is 10.9. The van der Waals surface area contributed by atoms with Crippen LogP contribution in [0.1, 0.15) is 27.7 Å². The topological polar surface area (TPSA) is 84.4 Å². The van der Waals surface area contributed by atoms with Crippen LogP contribution in [0.15, 0.2) is 97.5 Å². The van der Waals surface area contributed by atoms with Crippen molar-refractivity contribution in [1.82, 2.24) is 14.9 Å². The molecule has 1 aromatic heterocycles. The molecule has 1 atom stereocenters. The van der Waals surface area contributed by atoms with Crippen LogP contribution in [-0.2, 0) is 11.3 Å². The molecule has 0 bridgehead atoms. The minimum Gasteiger partial charge on any atom is -0.497 e. The van der Waals surface area contributed by atoms with Crippen molar-refractivity contribution in [2.24, 2.45) is 0 Å². The molecule has 0 aliphatic rings. The summed E-state index contributed by atoms with van der Waals surface area (Å²) in [5, 5.41) is 2.80. The van der Waals surface area contributed by atoms with E-state index < -0.39 is 23.7 Å². The highest BCUT2D eigenvalue weighted by atomic mass is 19.1. The van der Waals surface area contributed by atoms with Gasteiger partial charge >= 0.3 is 0 Å². The highest BCUT2D eigenvalue weighted by Gasteiger charge is 2.33. The van der Waals surface area contributed by atoms with Gasteiger partial charge in [0.15, 0.2) is 0 Å². The number of nitrogens with zero attached hydrogens (tertiary/aromatic N) is 3. The lowest BCUT2D eigenvalue weighted by Gasteiger charge is -2.31. The van der Waals surface area contributed by atoms with E-state index in [1.807, 2.05) is 30.3 Å². The third-order valence-electron chi connectivity index (χ3n) is 5.34. The van der Waals surface area contributed by atoms with E-state index in [4.69, 9.17) is 4.74 Å². The molecule has 4 rings (SSSR count). The second kappa shape index (κ2) is 11.0. The Morgan fingerprint density at radius 2 is 1.69 bits per heavy atom. The monoisotopic (exact) mass is 470 g/mol. The molecule has 0 fully saturated rings. The van der Waals surface area contributed by atoms with E-state index in [1.165, 1.54) is 47.8 Å². The molecule has 1 heterocycles. The zero-order chi connectivity index (χ0) is 24.6. The molecule has 3 aromatic carbocycles. The summed E-state index contributed by atoms with van der Waals surface area (Å²) in [7, 11) is 1.55. The third kappa shape index (κ3) is 5.86. The summed E-state index contributed by atoms with van der Waals surface area (Å²) < 4.78 is 18.6. The van der Waals surface area contributed by atoms with Crippen LogP contribution >= 0.6 is 0 Å². The number of anilines is 1. The van der Waals surface area contributed by atoms with Gasteiger partial charge in [-0.2, -0.15) is 0 Å². The van der Waals surface area contributed by atoms with Crippen molar-refractivity contribution < 1.29 is 18.7 Å².